The molecule has 0 aliphatic rings. The maximum atomic E-state index is 12.1. The molecular formula is C12H12N6O6S. The van der Waals surface area contributed by atoms with Crippen molar-refractivity contribution in [3.63, 3.8) is 0 Å². The summed E-state index contributed by atoms with van der Waals surface area (Å²) in [5.41, 5.74) is -1.62. The van der Waals surface area contributed by atoms with Gasteiger partial charge in [-0.25, -0.2) is 9.48 Å². The third kappa shape index (κ3) is 3.77. The van der Waals surface area contributed by atoms with Crippen molar-refractivity contribution in [3.8, 4) is 0 Å². The first-order chi connectivity index (χ1) is 11.6. The van der Waals surface area contributed by atoms with Gasteiger partial charge < -0.3 is 0 Å². The minimum atomic E-state index is -4.40. The van der Waals surface area contributed by atoms with E-state index in [0.717, 1.165) is 13.3 Å². The van der Waals surface area contributed by atoms with E-state index in [1.807, 2.05) is 0 Å². The number of non-ortho nitro benzene ring substituents is 1. The quantitative estimate of drug-likeness (QED) is 0.390. The number of aromatic nitrogens is 3. The van der Waals surface area contributed by atoms with Gasteiger partial charge in [-0.2, -0.15) is 18.4 Å². The van der Waals surface area contributed by atoms with Gasteiger partial charge in [-0.15, -0.1) is 5.10 Å². The number of aryl methyl sites for hydroxylation is 1. The van der Waals surface area contributed by atoms with Crippen LogP contribution in [-0.2, 0) is 24.1 Å². The van der Waals surface area contributed by atoms with Crippen LogP contribution in [0.1, 0.15) is 5.56 Å². The first-order valence-corrected chi connectivity index (χ1v) is 8.05. The number of benzene rings is 1. The number of nitro groups is 1. The van der Waals surface area contributed by atoms with Gasteiger partial charge in [0, 0.05) is 26.2 Å². The van der Waals surface area contributed by atoms with Crippen molar-refractivity contribution < 1.29 is 13.3 Å². The van der Waals surface area contributed by atoms with Crippen LogP contribution in [0.15, 0.2) is 44.0 Å². The number of nitrogens with one attached hydrogen (secondary N) is 1. The summed E-state index contributed by atoms with van der Waals surface area (Å²) in [4.78, 5) is 35.1. The minimum Gasteiger partial charge on any atom is -0.266 e. The molecule has 0 amide bonds. The van der Waals surface area contributed by atoms with Gasteiger partial charge in [-0.05, 0) is 17.7 Å². The number of hydrazone groups is 1. The lowest BCUT2D eigenvalue weighted by molar-refractivity contribution is -0.384. The van der Waals surface area contributed by atoms with Crippen LogP contribution < -0.4 is 16.1 Å². The van der Waals surface area contributed by atoms with E-state index in [9.17, 15) is 28.1 Å². The van der Waals surface area contributed by atoms with Gasteiger partial charge in [-0.1, -0.05) is 0 Å². The highest BCUT2D eigenvalue weighted by molar-refractivity contribution is 7.89. The number of sulfonamides is 1. The Labute approximate surface area is 140 Å². The Morgan fingerprint density at radius 3 is 2.40 bits per heavy atom. The van der Waals surface area contributed by atoms with E-state index in [2.05, 4.69) is 10.2 Å². The number of nitro benzene ring substituents is 1. The molecule has 13 heteroatoms. The zero-order valence-electron chi connectivity index (χ0n) is 13.0. The molecule has 0 spiro atoms. The summed E-state index contributed by atoms with van der Waals surface area (Å²) in [6.45, 7) is 0. The third-order valence-electron chi connectivity index (χ3n) is 3.04. The van der Waals surface area contributed by atoms with E-state index in [1.165, 1.54) is 31.3 Å². The van der Waals surface area contributed by atoms with Crippen molar-refractivity contribution in [1.29, 1.82) is 0 Å². The molecule has 1 aromatic heterocycles. The molecule has 0 aliphatic carbocycles. The average molecular weight is 368 g/mol. The van der Waals surface area contributed by atoms with Crippen molar-refractivity contribution in [3.05, 3.63) is 60.8 Å². The van der Waals surface area contributed by atoms with Crippen LogP contribution in [0.2, 0.25) is 0 Å². The average Bonchev–Trinajstić information content (AvgIpc) is 2.56. The van der Waals surface area contributed by atoms with E-state index >= 15 is 0 Å². The summed E-state index contributed by atoms with van der Waals surface area (Å²) in [5, 5.41) is 16.6. The lowest BCUT2D eigenvalue weighted by Crippen LogP contribution is -2.43. The molecule has 0 atom stereocenters. The number of rotatable bonds is 5. The van der Waals surface area contributed by atoms with Crippen molar-refractivity contribution in [2.24, 2.45) is 19.2 Å². The van der Waals surface area contributed by atoms with Gasteiger partial charge in [0.2, 0.25) is 0 Å². The van der Waals surface area contributed by atoms with E-state index in [0.29, 0.717) is 14.8 Å². The highest BCUT2D eigenvalue weighted by Crippen LogP contribution is 2.10. The molecule has 0 radical (unpaired) electrons. The number of hydrogen-bond donors (Lipinski definition) is 1. The molecule has 0 saturated heterocycles. The molecule has 1 N–H and O–H groups in total. The lowest BCUT2D eigenvalue weighted by Gasteiger charge is -2.05. The second kappa shape index (κ2) is 6.64. The highest BCUT2D eigenvalue weighted by Gasteiger charge is 2.23. The molecule has 0 aliphatic heterocycles. The van der Waals surface area contributed by atoms with E-state index in [1.54, 1.807) is 4.83 Å². The summed E-state index contributed by atoms with van der Waals surface area (Å²) in [6.07, 6.45) is 1.09. The number of hydrogen-bond acceptors (Lipinski definition) is 8. The minimum absolute atomic E-state index is 0.129. The maximum absolute atomic E-state index is 12.1. The lowest BCUT2D eigenvalue weighted by atomic mass is 10.2. The Kier molecular flexibility index (Phi) is 4.78. The molecule has 0 fully saturated rings. The summed E-state index contributed by atoms with van der Waals surface area (Å²) >= 11 is 0. The Morgan fingerprint density at radius 2 is 1.84 bits per heavy atom. The topological polar surface area (TPSA) is 159 Å². The molecule has 2 rings (SSSR count). The Morgan fingerprint density at radius 1 is 1.24 bits per heavy atom. The fourth-order valence-corrected chi connectivity index (χ4v) is 2.61. The zero-order chi connectivity index (χ0) is 18.8. The molecule has 132 valence electrons. The van der Waals surface area contributed by atoms with Crippen LogP contribution in [0.5, 0.6) is 0 Å². The largest absolute Gasteiger partial charge is 0.346 e. The Hall–Kier alpha value is -3.35. The zero-order valence-corrected chi connectivity index (χ0v) is 13.8. The van der Waals surface area contributed by atoms with Gasteiger partial charge in [0.1, 0.15) is 0 Å². The fraction of sp³-hybridized carbons (Fsp3) is 0.167. The third-order valence-corrected chi connectivity index (χ3v) is 4.15. The van der Waals surface area contributed by atoms with E-state index < -0.39 is 31.2 Å². The maximum Gasteiger partial charge on any atom is 0.346 e. The summed E-state index contributed by atoms with van der Waals surface area (Å²) in [6, 6.07) is 5.17. The predicted molar refractivity (Wildman–Crippen MR) is 85.7 cm³/mol. The standard InChI is InChI=1S/C12H12N6O6S/c1-16-11(19)10(14-17(2)12(16)20)25(23,24)15-13-7-8-3-5-9(6-4-8)18(21)22/h3-7,15H,1-2H3/b13-7+. The molecule has 1 aromatic carbocycles. The van der Waals surface area contributed by atoms with Crippen molar-refractivity contribution in [2.75, 3.05) is 0 Å². The van der Waals surface area contributed by atoms with Crippen LogP contribution in [-0.4, -0.2) is 33.9 Å². The van der Waals surface area contributed by atoms with Crippen molar-refractivity contribution in [1.82, 2.24) is 19.2 Å². The molecule has 0 saturated carbocycles. The van der Waals surface area contributed by atoms with Gasteiger partial charge in [0.05, 0.1) is 11.1 Å². The summed E-state index contributed by atoms with van der Waals surface area (Å²) in [5.74, 6) is 0. The normalized spacial score (nSPS) is 11.6. The summed E-state index contributed by atoms with van der Waals surface area (Å²) < 4.78 is 25.5. The van der Waals surface area contributed by atoms with Gasteiger partial charge in [-0.3, -0.25) is 19.5 Å². The smallest absolute Gasteiger partial charge is 0.266 e. The van der Waals surface area contributed by atoms with Crippen molar-refractivity contribution in [2.45, 2.75) is 5.03 Å². The molecular weight excluding hydrogens is 356 g/mol. The van der Waals surface area contributed by atoms with Crippen LogP contribution in [0.25, 0.3) is 0 Å². The second-order valence-corrected chi connectivity index (χ2v) is 6.35. The van der Waals surface area contributed by atoms with Crippen LogP contribution >= 0.6 is 0 Å². The van der Waals surface area contributed by atoms with Crippen molar-refractivity contribution >= 4 is 21.9 Å². The monoisotopic (exact) mass is 368 g/mol. The van der Waals surface area contributed by atoms with Crippen LogP contribution in [0.4, 0.5) is 5.69 Å². The fourth-order valence-electron chi connectivity index (χ4n) is 1.73. The molecule has 0 bridgehead atoms. The molecule has 1 heterocycles. The molecule has 12 nitrogen and oxygen atoms in total. The van der Waals surface area contributed by atoms with Gasteiger partial charge in [0.25, 0.3) is 16.3 Å². The van der Waals surface area contributed by atoms with Crippen LogP contribution in [0.3, 0.4) is 0 Å². The predicted octanol–water partition coefficient (Wildman–Crippen LogP) is -1.30. The Balaban J connectivity index is 2.27. The first-order valence-electron chi connectivity index (χ1n) is 6.57. The Bertz CT molecular complexity index is 1070. The SMILES string of the molecule is Cn1nc(S(=O)(=O)N/N=C/c2ccc([N+](=O)[O-])cc2)c(=O)n(C)c1=O. The number of nitrogens with zero attached hydrogens (tertiary/aromatic N) is 5. The highest BCUT2D eigenvalue weighted by atomic mass is 32.2. The molecule has 25 heavy (non-hydrogen) atoms. The van der Waals surface area contributed by atoms with Crippen LogP contribution in [0, 0.1) is 10.1 Å². The van der Waals surface area contributed by atoms with E-state index in [-0.39, 0.29) is 5.69 Å². The van der Waals surface area contributed by atoms with Gasteiger partial charge in [0.15, 0.2) is 0 Å². The second-order valence-electron chi connectivity index (χ2n) is 4.78. The molecule has 0 unspecified atom stereocenters. The van der Waals surface area contributed by atoms with E-state index in [4.69, 9.17) is 0 Å². The summed E-state index contributed by atoms with van der Waals surface area (Å²) in [7, 11) is -2.09. The molecule has 2 aromatic rings. The van der Waals surface area contributed by atoms with Gasteiger partial charge >= 0.3 is 15.7 Å². The first kappa shape index (κ1) is 18.0.